The molecule has 3 N–H and O–H groups in total. The molecule has 0 fully saturated rings. The van der Waals surface area contributed by atoms with E-state index >= 15 is 0 Å². The van der Waals surface area contributed by atoms with E-state index in [-0.39, 0.29) is 6.42 Å². The van der Waals surface area contributed by atoms with Gasteiger partial charge in [0.05, 0.1) is 29.6 Å². The number of halogens is 2. The zero-order valence-corrected chi connectivity index (χ0v) is 11.8. The Morgan fingerprint density at radius 1 is 1.42 bits per heavy atom. The predicted octanol–water partition coefficient (Wildman–Crippen LogP) is 0.0238. The summed E-state index contributed by atoms with van der Waals surface area (Å²) in [4.78, 5) is 22.6. The van der Waals surface area contributed by atoms with Gasteiger partial charge in [0.25, 0.3) is 0 Å². The molecule has 0 aromatic heterocycles. The molecule has 0 aliphatic carbocycles. The maximum atomic E-state index is 11.7. The third-order valence-corrected chi connectivity index (χ3v) is 3.00. The first-order chi connectivity index (χ1) is 8.93. The second-order valence-corrected chi connectivity index (χ2v) is 4.79. The Labute approximate surface area is 120 Å². The van der Waals surface area contributed by atoms with E-state index in [9.17, 15) is 14.7 Å². The summed E-state index contributed by atoms with van der Waals surface area (Å²) in [5.41, 5.74) is 0.354. The van der Waals surface area contributed by atoms with Crippen LogP contribution in [0.2, 0.25) is 10.0 Å². The Bertz CT molecular complexity index is 480. The van der Waals surface area contributed by atoms with Gasteiger partial charge in [-0.2, -0.15) is 0 Å². The molecule has 104 valence electrons. The predicted molar refractivity (Wildman–Crippen MR) is 71.0 cm³/mol. The molecule has 1 aromatic rings. The van der Waals surface area contributed by atoms with Crippen LogP contribution in [0.4, 0.5) is 5.69 Å². The Hall–Kier alpha value is -1.30. The van der Waals surface area contributed by atoms with Crippen LogP contribution < -0.4 is 15.7 Å². The summed E-state index contributed by atoms with van der Waals surface area (Å²) in [6, 6.07) is 3.73. The van der Waals surface area contributed by atoms with E-state index in [0.29, 0.717) is 22.3 Å². The van der Waals surface area contributed by atoms with Gasteiger partial charge in [0, 0.05) is 5.02 Å². The second kappa shape index (κ2) is 7.33. The van der Waals surface area contributed by atoms with Crippen molar-refractivity contribution in [2.24, 2.45) is 0 Å². The third-order valence-electron chi connectivity index (χ3n) is 2.43. The number of hydrogen-bond donors (Lipinski definition) is 2. The van der Waals surface area contributed by atoms with Crippen molar-refractivity contribution in [2.75, 3.05) is 11.9 Å². The lowest BCUT2D eigenvalue weighted by Crippen LogP contribution is -2.93. The highest BCUT2D eigenvalue weighted by Crippen LogP contribution is 2.25. The van der Waals surface area contributed by atoms with Crippen molar-refractivity contribution in [1.82, 2.24) is 0 Å². The van der Waals surface area contributed by atoms with Crippen molar-refractivity contribution >= 4 is 40.8 Å². The van der Waals surface area contributed by atoms with Gasteiger partial charge in [0.2, 0.25) is 5.91 Å². The number of benzene rings is 1. The molecular weight excluding hydrogens is 291 g/mol. The highest BCUT2D eigenvalue weighted by Gasteiger charge is 2.18. The Morgan fingerprint density at radius 2 is 2.11 bits per heavy atom. The Balaban J connectivity index is 2.68. The maximum absolute atomic E-state index is 11.7. The van der Waals surface area contributed by atoms with Crippen molar-refractivity contribution in [2.45, 2.75) is 19.4 Å². The number of rotatable bonds is 6. The zero-order chi connectivity index (χ0) is 14.4. The fourth-order valence-corrected chi connectivity index (χ4v) is 1.88. The number of carboxylic acids is 1. The SMILES string of the molecule is CC[NH2+][C@H](CC(=O)Nc1cc(Cl)ccc1Cl)C(=O)[O-]. The minimum atomic E-state index is -1.27. The molecule has 1 amide bonds. The molecule has 1 atom stereocenters. The minimum Gasteiger partial charge on any atom is -0.544 e. The number of likely N-dealkylation sites (N-methyl/N-ethyl adjacent to an activating group) is 1. The highest BCUT2D eigenvalue weighted by molar-refractivity contribution is 6.35. The zero-order valence-electron chi connectivity index (χ0n) is 10.3. The quantitative estimate of drug-likeness (QED) is 0.777. The van der Waals surface area contributed by atoms with Gasteiger partial charge in [-0.25, -0.2) is 0 Å². The lowest BCUT2D eigenvalue weighted by molar-refractivity contribution is -0.679. The number of nitrogens with two attached hydrogens (primary N) is 1. The molecule has 0 saturated carbocycles. The van der Waals surface area contributed by atoms with Crippen LogP contribution in [0, 0.1) is 0 Å². The van der Waals surface area contributed by atoms with Gasteiger partial charge in [-0.05, 0) is 25.1 Å². The molecule has 7 heteroatoms. The number of carbonyl (C=O) groups is 2. The van der Waals surface area contributed by atoms with E-state index in [1.54, 1.807) is 19.1 Å². The van der Waals surface area contributed by atoms with Crippen LogP contribution in [0.1, 0.15) is 13.3 Å². The van der Waals surface area contributed by atoms with Gasteiger partial charge < -0.3 is 20.5 Å². The number of anilines is 1. The molecule has 0 saturated heterocycles. The summed E-state index contributed by atoms with van der Waals surface area (Å²) in [6.07, 6.45) is -0.195. The van der Waals surface area contributed by atoms with Crippen LogP contribution >= 0.6 is 23.2 Å². The molecule has 5 nitrogen and oxygen atoms in total. The monoisotopic (exact) mass is 304 g/mol. The molecule has 0 aliphatic heterocycles. The maximum Gasteiger partial charge on any atom is 0.230 e. The van der Waals surface area contributed by atoms with Crippen LogP contribution in [0.15, 0.2) is 18.2 Å². The Morgan fingerprint density at radius 3 is 2.68 bits per heavy atom. The fourth-order valence-electron chi connectivity index (χ4n) is 1.54. The van der Waals surface area contributed by atoms with Crippen LogP contribution in [0.3, 0.4) is 0 Å². The third kappa shape index (κ3) is 5.06. The summed E-state index contributed by atoms with van der Waals surface area (Å²) < 4.78 is 0. The van der Waals surface area contributed by atoms with Crippen molar-refractivity contribution in [1.29, 1.82) is 0 Å². The van der Waals surface area contributed by atoms with Gasteiger partial charge in [-0.1, -0.05) is 23.2 Å². The highest BCUT2D eigenvalue weighted by atomic mass is 35.5. The summed E-state index contributed by atoms with van der Waals surface area (Å²) in [5.74, 6) is -1.72. The smallest absolute Gasteiger partial charge is 0.230 e. The van der Waals surface area contributed by atoms with Crippen molar-refractivity contribution in [3.63, 3.8) is 0 Å². The van der Waals surface area contributed by atoms with Gasteiger partial charge in [0.15, 0.2) is 0 Å². The average molecular weight is 305 g/mol. The van der Waals surface area contributed by atoms with E-state index in [2.05, 4.69) is 5.32 Å². The molecule has 1 rings (SSSR count). The molecule has 0 aliphatic rings. The Kier molecular flexibility index (Phi) is 6.08. The van der Waals surface area contributed by atoms with Crippen molar-refractivity contribution in [3.05, 3.63) is 28.2 Å². The summed E-state index contributed by atoms with van der Waals surface area (Å²) in [7, 11) is 0. The first-order valence-electron chi connectivity index (χ1n) is 5.73. The topological polar surface area (TPSA) is 85.8 Å². The number of carboxylic acid groups (broad SMARTS) is 1. The molecule has 0 spiro atoms. The first kappa shape index (κ1) is 15.8. The van der Waals surface area contributed by atoms with Crippen molar-refractivity contribution < 1.29 is 20.0 Å². The number of carbonyl (C=O) groups excluding carboxylic acids is 2. The molecule has 1 aromatic carbocycles. The second-order valence-electron chi connectivity index (χ2n) is 3.95. The number of amides is 1. The van der Waals surface area contributed by atoms with E-state index < -0.39 is 17.9 Å². The lowest BCUT2D eigenvalue weighted by atomic mass is 10.2. The van der Waals surface area contributed by atoms with E-state index in [1.165, 1.54) is 11.4 Å². The summed E-state index contributed by atoms with van der Waals surface area (Å²) in [6.45, 7) is 2.34. The number of nitrogens with one attached hydrogen (secondary N) is 1. The minimum absolute atomic E-state index is 0.195. The largest absolute Gasteiger partial charge is 0.544 e. The van der Waals surface area contributed by atoms with E-state index in [4.69, 9.17) is 23.2 Å². The van der Waals surface area contributed by atoms with Gasteiger partial charge in [-0.3, -0.25) is 4.79 Å². The standard InChI is InChI=1S/C12H14Cl2N2O3/c1-2-15-10(12(18)19)6-11(17)16-9-5-7(13)3-4-8(9)14/h3-5,10,15H,2,6H2,1H3,(H,16,17)(H,18,19)/t10-/m1/s1. The fraction of sp³-hybridized carbons (Fsp3) is 0.333. The van der Waals surface area contributed by atoms with Crippen LogP contribution in [0.25, 0.3) is 0 Å². The molecule has 0 unspecified atom stereocenters. The summed E-state index contributed by atoms with van der Waals surface area (Å²) >= 11 is 11.7. The van der Waals surface area contributed by atoms with E-state index in [0.717, 1.165) is 0 Å². The summed E-state index contributed by atoms with van der Waals surface area (Å²) in [5, 5.41) is 15.6. The van der Waals surface area contributed by atoms with Crippen LogP contribution in [-0.2, 0) is 9.59 Å². The molecule has 0 radical (unpaired) electrons. The molecule has 0 heterocycles. The average Bonchev–Trinajstić information content (AvgIpc) is 2.33. The van der Waals surface area contributed by atoms with Crippen molar-refractivity contribution in [3.8, 4) is 0 Å². The van der Waals surface area contributed by atoms with Gasteiger partial charge in [-0.15, -0.1) is 0 Å². The first-order valence-corrected chi connectivity index (χ1v) is 6.48. The van der Waals surface area contributed by atoms with Gasteiger partial charge in [0.1, 0.15) is 6.04 Å². The van der Waals surface area contributed by atoms with E-state index in [1.807, 2.05) is 0 Å². The lowest BCUT2D eigenvalue weighted by Gasteiger charge is -2.15. The van der Waals surface area contributed by atoms with Crippen LogP contribution in [0.5, 0.6) is 0 Å². The molecule has 0 bridgehead atoms. The normalized spacial score (nSPS) is 11.9. The molecule has 19 heavy (non-hydrogen) atoms. The number of aliphatic carboxylic acids is 1. The number of hydrogen-bond acceptors (Lipinski definition) is 3. The van der Waals surface area contributed by atoms with Gasteiger partial charge >= 0.3 is 0 Å². The number of quaternary nitrogens is 1. The van der Waals surface area contributed by atoms with Crippen LogP contribution in [-0.4, -0.2) is 24.5 Å². The molecular formula is C12H14Cl2N2O3.